The second-order valence-corrected chi connectivity index (χ2v) is 8.60. The normalized spacial score (nSPS) is 14.1. The Labute approximate surface area is 202 Å². The number of aromatic nitrogens is 3. The summed E-state index contributed by atoms with van der Waals surface area (Å²) in [5, 5.41) is 22.2. The molecule has 0 saturated carbocycles. The quantitative estimate of drug-likeness (QED) is 0.427. The van der Waals surface area contributed by atoms with Gasteiger partial charge in [-0.15, -0.1) is 5.10 Å². The molecule has 11 heteroatoms. The zero-order valence-corrected chi connectivity index (χ0v) is 19.9. The van der Waals surface area contributed by atoms with E-state index in [9.17, 15) is 19.7 Å². The molecule has 2 aromatic carbocycles. The summed E-state index contributed by atoms with van der Waals surface area (Å²) in [6, 6.07) is 11.9. The highest BCUT2D eigenvalue weighted by molar-refractivity contribution is 5.94. The molecule has 35 heavy (non-hydrogen) atoms. The van der Waals surface area contributed by atoms with Crippen molar-refractivity contribution in [2.45, 2.75) is 20.8 Å². The molecule has 1 aromatic heterocycles. The van der Waals surface area contributed by atoms with Gasteiger partial charge in [0, 0.05) is 44.0 Å². The van der Waals surface area contributed by atoms with E-state index in [0.717, 1.165) is 16.8 Å². The van der Waals surface area contributed by atoms with Crippen LogP contribution in [0.25, 0.3) is 5.69 Å². The highest BCUT2D eigenvalue weighted by atomic mass is 16.6. The molecule has 0 bridgehead atoms. The monoisotopic (exact) mass is 477 g/mol. The van der Waals surface area contributed by atoms with Gasteiger partial charge in [0.05, 0.1) is 22.8 Å². The fraction of sp³-hybridized carbons (Fsp3) is 0.333. The summed E-state index contributed by atoms with van der Waals surface area (Å²) in [5.41, 5.74) is 3.98. The summed E-state index contributed by atoms with van der Waals surface area (Å²) in [6.45, 7) is 7.91. The topological polar surface area (TPSA) is 127 Å². The molecule has 0 atom stereocenters. The van der Waals surface area contributed by atoms with Gasteiger partial charge in [0.1, 0.15) is 0 Å². The molecule has 0 radical (unpaired) electrons. The van der Waals surface area contributed by atoms with Crippen LogP contribution in [-0.4, -0.2) is 74.3 Å². The summed E-state index contributed by atoms with van der Waals surface area (Å²) in [4.78, 5) is 40.0. The van der Waals surface area contributed by atoms with Crippen molar-refractivity contribution in [3.8, 4) is 5.69 Å². The molecule has 2 heterocycles. The Bertz CT molecular complexity index is 1260. The number of nitro benzene ring substituents is 1. The van der Waals surface area contributed by atoms with E-state index in [1.807, 2.05) is 36.9 Å². The summed E-state index contributed by atoms with van der Waals surface area (Å²) >= 11 is 0. The van der Waals surface area contributed by atoms with Crippen LogP contribution in [0.15, 0.2) is 42.5 Å². The summed E-state index contributed by atoms with van der Waals surface area (Å²) in [6.07, 6.45) is 0. The van der Waals surface area contributed by atoms with Crippen LogP contribution in [0, 0.1) is 30.9 Å². The summed E-state index contributed by atoms with van der Waals surface area (Å²) < 4.78 is 1.42. The van der Waals surface area contributed by atoms with Crippen molar-refractivity contribution in [2.75, 3.05) is 38.0 Å². The maximum atomic E-state index is 13.1. The van der Waals surface area contributed by atoms with E-state index < -0.39 is 4.92 Å². The Balaban J connectivity index is 1.36. The minimum atomic E-state index is -0.482. The van der Waals surface area contributed by atoms with Crippen LogP contribution in [0.5, 0.6) is 0 Å². The minimum Gasteiger partial charge on any atom is -0.335 e. The predicted octanol–water partition coefficient (Wildman–Crippen LogP) is 2.50. The molecule has 4 rings (SSSR count). The Morgan fingerprint density at radius 1 is 1.03 bits per heavy atom. The Kier molecular flexibility index (Phi) is 6.87. The van der Waals surface area contributed by atoms with Crippen molar-refractivity contribution in [2.24, 2.45) is 0 Å². The Hall–Kier alpha value is -4.12. The van der Waals surface area contributed by atoms with Gasteiger partial charge >= 0.3 is 0 Å². The molecule has 0 spiro atoms. The van der Waals surface area contributed by atoms with Gasteiger partial charge in [0.2, 0.25) is 5.91 Å². The molecule has 1 fully saturated rings. The lowest BCUT2D eigenvalue weighted by atomic mass is 10.1. The van der Waals surface area contributed by atoms with Crippen molar-refractivity contribution >= 4 is 23.2 Å². The van der Waals surface area contributed by atoms with Gasteiger partial charge in [-0.05, 0) is 38.0 Å². The number of nitrogens with zero attached hydrogens (tertiary/aromatic N) is 6. The molecular weight excluding hydrogens is 450 g/mol. The summed E-state index contributed by atoms with van der Waals surface area (Å²) in [7, 11) is 0. The third-order valence-corrected chi connectivity index (χ3v) is 6.15. The molecule has 11 nitrogen and oxygen atoms in total. The first-order valence-corrected chi connectivity index (χ1v) is 11.3. The molecule has 0 unspecified atom stereocenters. The number of nitro groups is 1. The van der Waals surface area contributed by atoms with Crippen LogP contribution in [-0.2, 0) is 4.79 Å². The maximum absolute atomic E-state index is 13.1. The number of benzene rings is 2. The summed E-state index contributed by atoms with van der Waals surface area (Å²) in [5.74, 6) is -0.336. The van der Waals surface area contributed by atoms with Gasteiger partial charge in [-0.2, -0.15) is 0 Å². The number of piperazine rings is 1. The molecule has 1 N–H and O–H groups in total. The van der Waals surface area contributed by atoms with E-state index in [0.29, 0.717) is 37.6 Å². The number of aryl methyl sites for hydroxylation is 2. The number of amides is 2. The highest BCUT2D eigenvalue weighted by Gasteiger charge is 2.27. The number of hydrogen-bond acceptors (Lipinski definition) is 7. The van der Waals surface area contributed by atoms with Crippen molar-refractivity contribution in [3.05, 3.63) is 75.1 Å². The molecule has 1 saturated heterocycles. The van der Waals surface area contributed by atoms with Crippen molar-refractivity contribution in [1.29, 1.82) is 0 Å². The Morgan fingerprint density at radius 2 is 1.69 bits per heavy atom. The van der Waals surface area contributed by atoms with Gasteiger partial charge in [0.15, 0.2) is 5.69 Å². The second-order valence-electron chi connectivity index (χ2n) is 8.60. The first-order valence-electron chi connectivity index (χ1n) is 11.3. The third-order valence-electron chi connectivity index (χ3n) is 6.15. The zero-order chi connectivity index (χ0) is 25.1. The molecule has 1 aliphatic rings. The van der Waals surface area contributed by atoms with Crippen LogP contribution >= 0.6 is 0 Å². The van der Waals surface area contributed by atoms with Gasteiger partial charge < -0.3 is 10.2 Å². The third kappa shape index (κ3) is 5.19. The van der Waals surface area contributed by atoms with E-state index in [1.165, 1.54) is 16.8 Å². The van der Waals surface area contributed by atoms with Gasteiger partial charge in [-0.3, -0.25) is 24.6 Å². The van der Waals surface area contributed by atoms with Crippen LogP contribution in [0.4, 0.5) is 11.4 Å². The molecule has 182 valence electrons. The van der Waals surface area contributed by atoms with E-state index in [2.05, 4.69) is 15.6 Å². The lowest BCUT2D eigenvalue weighted by molar-refractivity contribution is -0.384. The maximum Gasteiger partial charge on any atom is 0.276 e. The molecule has 1 aliphatic heterocycles. The van der Waals surface area contributed by atoms with Crippen LogP contribution in [0.3, 0.4) is 0 Å². The second kappa shape index (κ2) is 10.0. The SMILES string of the molecule is Cc1cccc(C)c1NC(=O)CN1CCN(C(=O)c2nnn(-c3cccc([N+](=O)[O-])c3)c2C)CC1. The molecule has 0 aliphatic carbocycles. The first-order chi connectivity index (χ1) is 16.7. The number of anilines is 1. The standard InChI is InChI=1S/C24H27N7O4/c1-16-6-4-7-17(2)22(16)25-21(32)15-28-10-12-29(13-11-28)24(33)23-18(3)30(27-26-23)19-8-5-9-20(14-19)31(34)35/h4-9,14H,10-13,15H2,1-3H3,(H,25,32). The Morgan fingerprint density at radius 3 is 2.34 bits per heavy atom. The highest BCUT2D eigenvalue weighted by Crippen LogP contribution is 2.21. The number of hydrogen-bond donors (Lipinski definition) is 1. The number of rotatable bonds is 6. The lowest BCUT2D eigenvalue weighted by Crippen LogP contribution is -2.50. The fourth-order valence-electron chi connectivity index (χ4n) is 4.16. The zero-order valence-electron chi connectivity index (χ0n) is 19.9. The van der Waals surface area contributed by atoms with Crippen LogP contribution in [0.1, 0.15) is 27.3 Å². The average molecular weight is 478 g/mol. The molecule has 3 aromatic rings. The average Bonchev–Trinajstić information content (AvgIpc) is 3.23. The number of para-hydroxylation sites is 1. The predicted molar refractivity (Wildman–Crippen MR) is 130 cm³/mol. The van der Waals surface area contributed by atoms with Gasteiger partial charge in [0.25, 0.3) is 11.6 Å². The fourth-order valence-corrected chi connectivity index (χ4v) is 4.16. The number of carbonyl (C=O) groups is 2. The first kappa shape index (κ1) is 24.0. The van der Waals surface area contributed by atoms with Gasteiger partial charge in [-0.25, -0.2) is 4.68 Å². The van der Waals surface area contributed by atoms with Crippen molar-refractivity contribution < 1.29 is 14.5 Å². The number of non-ortho nitro benzene ring substituents is 1. The van der Waals surface area contributed by atoms with E-state index in [-0.39, 0.29) is 29.7 Å². The van der Waals surface area contributed by atoms with Crippen LogP contribution in [0.2, 0.25) is 0 Å². The lowest BCUT2D eigenvalue weighted by Gasteiger charge is -2.34. The largest absolute Gasteiger partial charge is 0.335 e. The molecular formula is C24H27N7O4. The van der Waals surface area contributed by atoms with Crippen molar-refractivity contribution in [3.63, 3.8) is 0 Å². The van der Waals surface area contributed by atoms with Gasteiger partial charge in [-0.1, -0.05) is 29.5 Å². The molecule has 2 amide bonds. The van der Waals surface area contributed by atoms with Crippen LogP contribution < -0.4 is 5.32 Å². The van der Waals surface area contributed by atoms with E-state index >= 15 is 0 Å². The number of nitrogens with one attached hydrogen (secondary N) is 1. The minimum absolute atomic E-state index is 0.0666. The number of carbonyl (C=O) groups excluding carboxylic acids is 2. The van der Waals surface area contributed by atoms with E-state index in [1.54, 1.807) is 24.0 Å². The van der Waals surface area contributed by atoms with E-state index in [4.69, 9.17) is 0 Å². The smallest absolute Gasteiger partial charge is 0.276 e. The van der Waals surface area contributed by atoms with Crippen molar-refractivity contribution in [1.82, 2.24) is 24.8 Å².